The van der Waals surface area contributed by atoms with Gasteiger partial charge in [0.2, 0.25) is 0 Å². The topological polar surface area (TPSA) is 37.3 Å². The van der Waals surface area contributed by atoms with Gasteiger partial charge in [-0.3, -0.25) is 4.79 Å². The summed E-state index contributed by atoms with van der Waals surface area (Å²) in [4.78, 5) is 12.6. The Kier molecular flexibility index (Phi) is 3.48. The first-order valence-electron chi connectivity index (χ1n) is 11.1. The van der Waals surface area contributed by atoms with Gasteiger partial charge in [0.25, 0.3) is 0 Å². The Morgan fingerprint density at radius 1 is 1.08 bits per heavy atom. The fraction of sp³-hybridized carbons (Fsp3) is 0.957. The molecule has 0 aliphatic heterocycles. The normalized spacial score (nSPS) is 60.4. The van der Waals surface area contributed by atoms with Gasteiger partial charge in [0.05, 0.1) is 5.60 Å². The van der Waals surface area contributed by atoms with Crippen molar-refractivity contribution in [3.05, 3.63) is 0 Å². The van der Waals surface area contributed by atoms with Crippen molar-refractivity contribution in [2.45, 2.75) is 96.8 Å². The minimum Gasteiger partial charge on any atom is -0.390 e. The molecule has 0 heterocycles. The first-order valence-corrected chi connectivity index (χ1v) is 11.1. The second-order valence-corrected chi connectivity index (χ2v) is 11.2. The monoisotopic (exact) mass is 362 g/mol. The molecule has 5 saturated carbocycles. The summed E-state index contributed by atoms with van der Waals surface area (Å²) >= 11 is 0. The fourth-order valence-electron chi connectivity index (χ4n) is 9.19. The zero-order chi connectivity index (χ0) is 18.5. The molecule has 0 aromatic carbocycles. The molecule has 146 valence electrons. The van der Waals surface area contributed by atoms with Crippen LogP contribution in [-0.2, 0) is 4.79 Å². The van der Waals surface area contributed by atoms with Gasteiger partial charge in [-0.15, -0.1) is 0 Å². The van der Waals surface area contributed by atoms with Crippen molar-refractivity contribution in [3.8, 4) is 0 Å². The number of ketones is 1. The highest BCUT2D eigenvalue weighted by Crippen LogP contribution is 2.87. The van der Waals surface area contributed by atoms with Gasteiger partial charge in [0.1, 0.15) is 12.0 Å². The van der Waals surface area contributed by atoms with Crippen LogP contribution in [-0.4, -0.2) is 22.7 Å². The number of carbonyl (C=O) groups excluding carboxylic acids is 1. The Morgan fingerprint density at radius 3 is 2.58 bits per heavy atom. The van der Waals surface area contributed by atoms with E-state index < -0.39 is 11.8 Å². The van der Waals surface area contributed by atoms with Gasteiger partial charge in [0.15, 0.2) is 0 Å². The van der Waals surface area contributed by atoms with Gasteiger partial charge in [-0.05, 0) is 98.7 Å². The SMILES string of the molecule is CCC(=O)C1CCC2C1(C)CCC13CC21CC(F)C1CC(C)(O)CCC13. The second-order valence-electron chi connectivity index (χ2n) is 11.2. The van der Waals surface area contributed by atoms with E-state index in [-0.39, 0.29) is 22.7 Å². The van der Waals surface area contributed by atoms with Crippen molar-refractivity contribution < 1.29 is 14.3 Å². The molecule has 0 amide bonds. The highest BCUT2D eigenvalue weighted by molar-refractivity contribution is 5.82. The molecule has 0 bridgehead atoms. The highest BCUT2D eigenvalue weighted by atomic mass is 19.1. The van der Waals surface area contributed by atoms with Crippen LogP contribution in [0.4, 0.5) is 4.39 Å². The van der Waals surface area contributed by atoms with E-state index in [4.69, 9.17) is 0 Å². The summed E-state index contributed by atoms with van der Waals surface area (Å²) in [5.74, 6) is 1.74. The van der Waals surface area contributed by atoms with E-state index in [0.717, 1.165) is 32.1 Å². The average Bonchev–Trinajstić information content (AvgIpc) is 3.12. The first kappa shape index (κ1) is 17.6. The van der Waals surface area contributed by atoms with Crippen LogP contribution in [0.3, 0.4) is 0 Å². The van der Waals surface area contributed by atoms with Crippen LogP contribution in [0.5, 0.6) is 0 Å². The molecule has 5 aliphatic carbocycles. The number of carbonyl (C=O) groups is 1. The Balaban J connectivity index is 1.49. The molecule has 0 saturated heterocycles. The number of alkyl halides is 1. The van der Waals surface area contributed by atoms with Gasteiger partial charge < -0.3 is 5.11 Å². The number of aliphatic hydroxyl groups is 1. The van der Waals surface area contributed by atoms with Gasteiger partial charge >= 0.3 is 0 Å². The quantitative estimate of drug-likeness (QED) is 0.744. The summed E-state index contributed by atoms with van der Waals surface area (Å²) in [5.41, 5.74) is -0.0519. The van der Waals surface area contributed by atoms with Gasteiger partial charge in [0, 0.05) is 12.3 Å². The molecule has 3 heteroatoms. The third-order valence-electron chi connectivity index (χ3n) is 10.3. The third kappa shape index (κ3) is 1.94. The minimum absolute atomic E-state index is 0.0632. The maximum atomic E-state index is 15.4. The zero-order valence-corrected chi connectivity index (χ0v) is 16.7. The second kappa shape index (κ2) is 5.13. The molecule has 0 aromatic rings. The summed E-state index contributed by atoms with van der Waals surface area (Å²) < 4.78 is 15.4. The average molecular weight is 363 g/mol. The molecule has 5 fully saturated rings. The van der Waals surface area contributed by atoms with E-state index in [9.17, 15) is 9.90 Å². The highest BCUT2D eigenvalue weighted by Gasteiger charge is 2.81. The lowest BCUT2D eigenvalue weighted by atomic mass is 9.48. The molecular formula is C23H35FO2. The predicted molar refractivity (Wildman–Crippen MR) is 99.3 cm³/mol. The Bertz CT molecular complexity index is 644. The molecule has 1 N–H and O–H groups in total. The van der Waals surface area contributed by atoms with Crippen LogP contribution in [0.1, 0.15) is 85.0 Å². The van der Waals surface area contributed by atoms with Crippen molar-refractivity contribution in [2.24, 2.45) is 39.9 Å². The van der Waals surface area contributed by atoms with Gasteiger partial charge in [-0.25, -0.2) is 4.39 Å². The van der Waals surface area contributed by atoms with Crippen LogP contribution >= 0.6 is 0 Å². The summed E-state index contributed by atoms with van der Waals surface area (Å²) in [5, 5.41) is 10.5. The van der Waals surface area contributed by atoms with Crippen LogP contribution in [0.25, 0.3) is 0 Å². The van der Waals surface area contributed by atoms with Gasteiger partial charge in [-0.1, -0.05) is 13.8 Å². The summed E-state index contributed by atoms with van der Waals surface area (Å²) in [7, 11) is 0. The van der Waals surface area contributed by atoms with Crippen molar-refractivity contribution in [3.63, 3.8) is 0 Å². The van der Waals surface area contributed by atoms with E-state index in [1.807, 2.05) is 13.8 Å². The van der Waals surface area contributed by atoms with Crippen LogP contribution in [0, 0.1) is 39.9 Å². The molecule has 5 rings (SSSR count). The molecule has 9 unspecified atom stereocenters. The maximum absolute atomic E-state index is 15.4. The standard InChI is InChI=1S/C23H35FO2/c1-4-18(25)16-5-6-19-21(16,3)9-10-22-13-23(19,22)12-17(24)14-11-20(2,26)8-7-15(14)22/h14-17,19,26H,4-13H2,1-3H3. The van der Waals surface area contributed by atoms with Crippen LogP contribution in [0.15, 0.2) is 0 Å². The Hall–Kier alpha value is -0.440. The number of fused-ring (bicyclic) bond motifs is 2. The molecule has 0 radical (unpaired) electrons. The molecule has 2 nitrogen and oxygen atoms in total. The van der Waals surface area contributed by atoms with Crippen LogP contribution in [0.2, 0.25) is 0 Å². The van der Waals surface area contributed by atoms with E-state index in [0.29, 0.717) is 42.3 Å². The minimum atomic E-state index is -0.759. The van der Waals surface area contributed by atoms with E-state index >= 15 is 4.39 Å². The Morgan fingerprint density at radius 2 is 1.85 bits per heavy atom. The smallest absolute Gasteiger partial charge is 0.136 e. The lowest BCUT2D eigenvalue weighted by Gasteiger charge is -2.57. The molecule has 9 atom stereocenters. The molecule has 5 aliphatic rings. The molecular weight excluding hydrogens is 327 g/mol. The predicted octanol–water partition coefficient (Wildman–Crippen LogP) is 5.08. The number of hydrogen-bond donors (Lipinski definition) is 1. The summed E-state index contributed by atoms with van der Waals surface area (Å²) in [6, 6.07) is 0. The number of rotatable bonds is 2. The lowest BCUT2D eigenvalue weighted by molar-refractivity contribution is -0.138. The number of Topliss-reactive ketones (excluding diaryl/α,β-unsaturated/α-hetero) is 1. The van der Waals surface area contributed by atoms with Crippen molar-refractivity contribution in [2.75, 3.05) is 0 Å². The third-order valence-corrected chi connectivity index (χ3v) is 10.3. The summed E-state index contributed by atoms with van der Waals surface area (Å²) in [6.45, 7) is 6.27. The largest absolute Gasteiger partial charge is 0.390 e. The number of halogens is 1. The lowest BCUT2D eigenvalue weighted by Crippen LogP contribution is -2.54. The van der Waals surface area contributed by atoms with Crippen molar-refractivity contribution in [1.29, 1.82) is 0 Å². The molecule has 0 aromatic heterocycles. The van der Waals surface area contributed by atoms with E-state index in [2.05, 4.69) is 6.92 Å². The van der Waals surface area contributed by atoms with Gasteiger partial charge in [-0.2, -0.15) is 0 Å². The zero-order valence-electron chi connectivity index (χ0n) is 16.7. The van der Waals surface area contributed by atoms with E-state index in [1.54, 1.807) is 0 Å². The summed E-state index contributed by atoms with van der Waals surface area (Å²) in [6.07, 6.45) is 8.81. The fourth-order valence-corrected chi connectivity index (χ4v) is 9.19. The first-order chi connectivity index (χ1) is 12.2. The van der Waals surface area contributed by atoms with Crippen LogP contribution < -0.4 is 0 Å². The maximum Gasteiger partial charge on any atom is 0.136 e. The molecule has 26 heavy (non-hydrogen) atoms. The van der Waals surface area contributed by atoms with Crippen molar-refractivity contribution >= 4 is 5.78 Å². The number of hydrogen-bond acceptors (Lipinski definition) is 2. The molecule has 0 spiro atoms. The Labute approximate surface area is 157 Å². The van der Waals surface area contributed by atoms with E-state index in [1.165, 1.54) is 12.8 Å². The van der Waals surface area contributed by atoms with Crippen molar-refractivity contribution in [1.82, 2.24) is 0 Å².